The molecule has 2 heterocycles. The predicted molar refractivity (Wildman–Crippen MR) is 98.2 cm³/mol. The van der Waals surface area contributed by atoms with E-state index in [9.17, 15) is 4.39 Å². The first-order valence-corrected chi connectivity index (χ1v) is 8.21. The van der Waals surface area contributed by atoms with E-state index in [1.54, 1.807) is 12.1 Å². The lowest BCUT2D eigenvalue weighted by Gasteiger charge is -2.15. The molecule has 0 aliphatic heterocycles. The number of benzene rings is 2. The minimum absolute atomic E-state index is 0.311. The summed E-state index contributed by atoms with van der Waals surface area (Å²) in [7, 11) is 1.87. The summed E-state index contributed by atoms with van der Waals surface area (Å²) in [5, 5.41) is 8.09. The Bertz CT molecular complexity index is 1070. The van der Waals surface area contributed by atoms with Gasteiger partial charge in [0.25, 0.3) is 0 Å². The highest BCUT2D eigenvalue weighted by Gasteiger charge is 2.12. The highest BCUT2D eigenvalue weighted by atomic mass is 19.1. The first-order valence-electron chi connectivity index (χ1n) is 8.21. The van der Waals surface area contributed by atoms with E-state index in [4.69, 9.17) is 0 Å². The Balaban J connectivity index is 1.60. The summed E-state index contributed by atoms with van der Waals surface area (Å²) >= 11 is 0. The zero-order valence-electron chi connectivity index (χ0n) is 14.4. The number of aryl methyl sites for hydroxylation is 1. The molecule has 0 spiro atoms. The van der Waals surface area contributed by atoms with Crippen LogP contribution in [0.25, 0.3) is 22.3 Å². The summed E-state index contributed by atoms with van der Waals surface area (Å²) in [6.07, 6.45) is 1.52. The first-order chi connectivity index (χ1) is 12.6. The third kappa shape index (κ3) is 3.11. The van der Waals surface area contributed by atoms with Crippen molar-refractivity contribution in [3.8, 4) is 11.3 Å². The number of halogens is 1. The molecule has 0 aliphatic carbocycles. The minimum atomic E-state index is -0.311. The van der Waals surface area contributed by atoms with Crippen molar-refractivity contribution in [2.24, 2.45) is 0 Å². The van der Waals surface area contributed by atoms with Crippen LogP contribution in [0.3, 0.4) is 0 Å². The zero-order valence-corrected chi connectivity index (χ0v) is 14.4. The van der Waals surface area contributed by atoms with Crippen molar-refractivity contribution in [3.05, 3.63) is 65.9 Å². The number of imidazole rings is 1. The largest absolute Gasteiger partial charge is 0.340 e. The molecule has 0 radical (unpaired) electrons. The molecule has 26 heavy (non-hydrogen) atoms. The highest BCUT2D eigenvalue weighted by Crippen LogP contribution is 2.20. The molecule has 0 unspecified atom stereocenters. The third-order valence-electron chi connectivity index (χ3n) is 4.16. The van der Waals surface area contributed by atoms with Crippen molar-refractivity contribution in [2.45, 2.75) is 13.5 Å². The fourth-order valence-corrected chi connectivity index (χ4v) is 2.84. The maximum Gasteiger partial charge on any atom is 0.246 e. The summed E-state index contributed by atoms with van der Waals surface area (Å²) in [6, 6.07) is 12.3. The molecule has 0 amide bonds. The van der Waals surface area contributed by atoms with E-state index in [0.717, 1.165) is 22.4 Å². The molecule has 2 aromatic heterocycles. The molecule has 0 fully saturated rings. The zero-order chi connectivity index (χ0) is 18.1. The first kappa shape index (κ1) is 16.1. The number of hydrogen-bond acceptors (Lipinski definition) is 5. The van der Waals surface area contributed by atoms with Gasteiger partial charge in [-0.25, -0.2) is 14.4 Å². The lowest BCUT2D eigenvalue weighted by atomic mass is 10.2. The molecule has 4 aromatic rings. The molecule has 6 nitrogen and oxygen atoms in total. The van der Waals surface area contributed by atoms with E-state index in [1.807, 2.05) is 37.1 Å². The number of rotatable bonds is 4. The van der Waals surface area contributed by atoms with Crippen LogP contribution in [0.4, 0.5) is 10.3 Å². The lowest BCUT2D eigenvalue weighted by molar-refractivity contribution is 0.628. The number of aromatic nitrogens is 5. The van der Waals surface area contributed by atoms with Crippen molar-refractivity contribution < 1.29 is 4.39 Å². The van der Waals surface area contributed by atoms with Gasteiger partial charge < -0.3 is 9.88 Å². The SMILES string of the molecule is Cc1cccc2[nH]c(CN(C)c3nncc(-c4cccc(F)c4)n3)nc12. The van der Waals surface area contributed by atoms with Gasteiger partial charge in [0.15, 0.2) is 0 Å². The van der Waals surface area contributed by atoms with Crippen LogP contribution in [0, 0.1) is 12.7 Å². The Kier molecular flexibility index (Phi) is 4.04. The van der Waals surface area contributed by atoms with E-state index in [-0.39, 0.29) is 5.82 Å². The second-order valence-corrected chi connectivity index (χ2v) is 6.16. The summed E-state index contributed by atoms with van der Waals surface area (Å²) in [6.45, 7) is 2.54. The standard InChI is InChI=1S/C19H17FN6/c1-12-5-3-8-15-18(12)24-17(22-15)11-26(2)19-23-16(10-21-25-19)13-6-4-7-14(20)9-13/h3-10H,11H2,1-2H3,(H,22,24). The van der Waals surface area contributed by atoms with E-state index < -0.39 is 0 Å². The van der Waals surface area contributed by atoms with Crippen molar-refractivity contribution in [1.29, 1.82) is 0 Å². The Morgan fingerprint density at radius 3 is 2.77 bits per heavy atom. The van der Waals surface area contributed by atoms with Crippen LogP contribution in [0.2, 0.25) is 0 Å². The summed E-state index contributed by atoms with van der Waals surface area (Å²) < 4.78 is 13.4. The van der Waals surface area contributed by atoms with E-state index >= 15 is 0 Å². The van der Waals surface area contributed by atoms with Gasteiger partial charge in [-0.15, -0.1) is 5.10 Å². The quantitative estimate of drug-likeness (QED) is 0.611. The smallest absolute Gasteiger partial charge is 0.246 e. The van der Waals surface area contributed by atoms with E-state index in [0.29, 0.717) is 23.8 Å². The Labute approximate surface area is 149 Å². The average Bonchev–Trinajstić information content (AvgIpc) is 3.06. The summed E-state index contributed by atoms with van der Waals surface area (Å²) in [5.41, 5.74) is 4.32. The monoisotopic (exact) mass is 348 g/mol. The fourth-order valence-electron chi connectivity index (χ4n) is 2.84. The number of aromatic amines is 1. The number of anilines is 1. The summed E-state index contributed by atoms with van der Waals surface area (Å²) in [4.78, 5) is 14.3. The Morgan fingerprint density at radius 2 is 1.96 bits per heavy atom. The Morgan fingerprint density at radius 1 is 1.12 bits per heavy atom. The molecule has 7 heteroatoms. The van der Waals surface area contributed by atoms with Gasteiger partial charge >= 0.3 is 0 Å². The van der Waals surface area contributed by atoms with Crippen molar-refractivity contribution in [2.75, 3.05) is 11.9 Å². The number of nitrogens with one attached hydrogen (secondary N) is 1. The lowest BCUT2D eigenvalue weighted by Crippen LogP contribution is -2.20. The normalized spacial score (nSPS) is 11.0. The predicted octanol–water partition coefficient (Wildman–Crippen LogP) is 3.50. The Hall–Kier alpha value is -3.35. The average molecular weight is 348 g/mol. The van der Waals surface area contributed by atoms with Gasteiger partial charge in [0, 0.05) is 12.6 Å². The van der Waals surface area contributed by atoms with Crippen molar-refractivity contribution in [1.82, 2.24) is 25.1 Å². The molecule has 130 valence electrons. The van der Waals surface area contributed by atoms with Gasteiger partial charge in [0.1, 0.15) is 11.6 Å². The van der Waals surface area contributed by atoms with E-state index in [2.05, 4.69) is 25.1 Å². The van der Waals surface area contributed by atoms with Crippen molar-refractivity contribution in [3.63, 3.8) is 0 Å². The second-order valence-electron chi connectivity index (χ2n) is 6.16. The number of fused-ring (bicyclic) bond motifs is 1. The molecule has 0 aliphatic rings. The molecule has 0 saturated carbocycles. The van der Waals surface area contributed by atoms with Gasteiger partial charge in [0.05, 0.1) is 29.5 Å². The third-order valence-corrected chi connectivity index (χ3v) is 4.16. The van der Waals surface area contributed by atoms with Gasteiger partial charge in [-0.05, 0) is 30.7 Å². The molecule has 0 saturated heterocycles. The number of para-hydroxylation sites is 1. The molecular weight excluding hydrogens is 331 g/mol. The van der Waals surface area contributed by atoms with Crippen LogP contribution >= 0.6 is 0 Å². The maximum atomic E-state index is 13.4. The molecule has 4 rings (SSSR count). The van der Waals surface area contributed by atoms with Gasteiger partial charge in [-0.1, -0.05) is 24.3 Å². The second kappa shape index (κ2) is 6.51. The highest BCUT2D eigenvalue weighted by molar-refractivity contribution is 5.78. The van der Waals surface area contributed by atoms with Crippen LogP contribution in [0.15, 0.2) is 48.7 Å². The maximum absolute atomic E-state index is 13.4. The molecule has 2 aromatic carbocycles. The van der Waals surface area contributed by atoms with Gasteiger partial charge in [-0.2, -0.15) is 5.10 Å². The van der Waals surface area contributed by atoms with Gasteiger partial charge in [-0.3, -0.25) is 0 Å². The van der Waals surface area contributed by atoms with Gasteiger partial charge in [0.2, 0.25) is 5.95 Å². The van der Waals surface area contributed by atoms with Crippen LogP contribution in [0.1, 0.15) is 11.4 Å². The van der Waals surface area contributed by atoms with Crippen LogP contribution < -0.4 is 4.90 Å². The van der Waals surface area contributed by atoms with Crippen LogP contribution in [0.5, 0.6) is 0 Å². The molecule has 0 atom stereocenters. The number of nitrogens with zero attached hydrogens (tertiary/aromatic N) is 5. The number of H-pyrrole nitrogens is 1. The fraction of sp³-hybridized carbons (Fsp3) is 0.158. The van der Waals surface area contributed by atoms with Crippen LogP contribution in [-0.4, -0.2) is 32.2 Å². The summed E-state index contributed by atoms with van der Waals surface area (Å²) in [5.74, 6) is 0.953. The minimum Gasteiger partial charge on any atom is -0.340 e. The number of hydrogen-bond donors (Lipinski definition) is 1. The van der Waals surface area contributed by atoms with Crippen molar-refractivity contribution >= 4 is 17.0 Å². The molecule has 0 bridgehead atoms. The molecular formula is C19H17FN6. The van der Waals surface area contributed by atoms with Crippen LogP contribution in [-0.2, 0) is 6.54 Å². The molecule has 1 N–H and O–H groups in total. The topological polar surface area (TPSA) is 70.6 Å². The van der Waals surface area contributed by atoms with E-state index in [1.165, 1.54) is 18.3 Å².